The second-order valence-corrected chi connectivity index (χ2v) is 10.5. The van der Waals surface area contributed by atoms with Gasteiger partial charge in [-0.25, -0.2) is 4.79 Å². The molecular weight excluding hydrogens is 467 g/mol. The fourth-order valence-corrected chi connectivity index (χ4v) is 5.76. The highest BCUT2D eigenvalue weighted by atomic mass is 35.5. The summed E-state index contributed by atoms with van der Waals surface area (Å²) in [6.07, 6.45) is 6.05. The molecule has 3 aliphatic rings. The van der Waals surface area contributed by atoms with E-state index in [2.05, 4.69) is 45.5 Å². The van der Waals surface area contributed by atoms with Crippen molar-refractivity contribution in [2.45, 2.75) is 19.3 Å². The van der Waals surface area contributed by atoms with Crippen LogP contribution in [0, 0.1) is 5.92 Å². The standard InChI is InChI=1S/C27H32Cl2N4O/c28-25-10-9-23(16-26(25)29)30-27(34)33-14-12-31(13-15-33)17-20-4-3-11-32(18-20)19-22-8-7-21-5-1-2-6-24(21)22/h1-2,5-6,8-10,16,20H,3-4,7,11-15,17-19H2,(H,30,34)/t20-/m0/s1. The van der Waals surface area contributed by atoms with Gasteiger partial charge in [-0.05, 0) is 66.6 Å². The van der Waals surface area contributed by atoms with Crippen LogP contribution in [-0.2, 0) is 6.42 Å². The van der Waals surface area contributed by atoms with Crippen LogP contribution in [0.5, 0.6) is 0 Å². The van der Waals surface area contributed by atoms with E-state index in [1.54, 1.807) is 18.2 Å². The van der Waals surface area contributed by atoms with Crippen LogP contribution >= 0.6 is 23.2 Å². The highest BCUT2D eigenvalue weighted by Gasteiger charge is 2.27. The van der Waals surface area contributed by atoms with Crippen LogP contribution in [0.3, 0.4) is 0 Å². The van der Waals surface area contributed by atoms with Gasteiger partial charge in [0, 0.05) is 51.5 Å². The second-order valence-electron chi connectivity index (χ2n) is 9.68. The second kappa shape index (κ2) is 10.7. The number of hydrogen-bond acceptors (Lipinski definition) is 3. The van der Waals surface area contributed by atoms with E-state index >= 15 is 0 Å². The van der Waals surface area contributed by atoms with Gasteiger partial charge in [0.25, 0.3) is 0 Å². The molecule has 2 aromatic carbocycles. The molecule has 2 aliphatic heterocycles. The molecule has 1 N–H and O–H groups in total. The highest BCUT2D eigenvalue weighted by molar-refractivity contribution is 6.42. The van der Waals surface area contributed by atoms with Gasteiger partial charge in [0.2, 0.25) is 0 Å². The Bertz CT molecular complexity index is 1060. The van der Waals surface area contributed by atoms with Gasteiger partial charge in [-0.3, -0.25) is 9.80 Å². The molecule has 0 bridgehead atoms. The van der Waals surface area contributed by atoms with Crippen LogP contribution in [0.25, 0.3) is 5.57 Å². The Morgan fingerprint density at radius 1 is 0.971 bits per heavy atom. The number of rotatable bonds is 5. The molecular formula is C27H32Cl2N4O. The number of likely N-dealkylation sites (tertiary alicyclic amines) is 1. The maximum absolute atomic E-state index is 12.7. The van der Waals surface area contributed by atoms with Gasteiger partial charge in [0.05, 0.1) is 10.0 Å². The third kappa shape index (κ3) is 5.60. The van der Waals surface area contributed by atoms with Crippen molar-refractivity contribution in [2.75, 3.05) is 57.7 Å². The van der Waals surface area contributed by atoms with E-state index in [4.69, 9.17) is 23.2 Å². The van der Waals surface area contributed by atoms with Crippen LogP contribution < -0.4 is 5.32 Å². The molecule has 0 saturated carbocycles. The lowest BCUT2D eigenvalue weighted by molar-refractivity contribution is 0.106. The van der Waals surface area contributed by atoms with E-state index in [1.165, 1.54) is 36.1 Å². The lowest BCUT2D eigenvalue weighted by Gasteiger charge is -2.39. The Hall–Kier alpha value is -2.05. The summed E-state index contributed by atoms with van der Waals surface area (Å²) in [6.45, 7) is 7.87. The zero-order valence-electron chi connectivity index (χ0n) is 19.5. The zero-order chi connectivity index (χ0) is 23.5. The molecule has 0 spiro atoms. The van der Waals surface area contributed by atoms with E-state index in [9.17, 15) is 4.79 Å². The van der Waals surface area contributed by atoms with Crippen molar-refractivity contribution in [3.63, 3.8) is 0 Å². The summed E-state index contributed by atoms with van der Waals surface area (Å²) < 4.78 is 0. The van der Waals surface area contributed by atoms with E-state index in [0.717, 1.165) is 52.2 Å². The van der Waals surface area contributed by atoms with Crippen molar-refractivity contribution < 1.29 is 4.79 Å². The predicted octanol–water partition coefficient (Wildman–Crippen LogP) is 5.49. The number of carbonyl (C=O) groups is 1. The maximum atomic E-state index is 12.7. The Morgan fingerprint density at radius 3 is 2.62 bits per heavy atom. The van der Waals surface area contributed by atoms with E-state index < -0.39 is 0 Å². The first-order valence-electron chi connectivity index (χ1n) is 12.3. The number of amides is 2. The van der Waals surface area contributed by atoms with Gasteiger partial charge >= 0.3 is 6.03 Å². The quantitative estimate of drug-likeness (QED) is 0.591. The van der Waals surface area contributed by atoms with Crippen molar-refractivity contribution in [1.82, 2.24) is 14.7 Å². The van der Waals surface area contributed by atoms with Crippen molar-refractivity contribution in [3.05, 3.63) is 69.7 Å². The minimum absolute atomic E-state index is 0.0769. The van der Waals surface area contributed by atoms with Gasteiger partial charge in [-0.1, -0.05) is 53.5 Å². The SMILES string of the molecule is O=C(Nc1ccc(Cl)c(Cl)c1)N1CCN(C[C@@H]2CCCN(CC3=CCc4ccccc43)C2)CC1. The number of benzene rings is 2. The molecule has 5 rings (SSSR count). The summed E-state index contributed by atoms with van der Waals surface area (Å²) in [4.78, 5) is 19.7. The molecule has 2 amide bonds. The fraction of sp³-hybridized carbons (Fsp3) is 0.444. The molecule has 0 aromatic heterocycles. The van der Waals surface area contributed by atoms with Crippen molar-refractivity contribution in [1.29, 1.82) is 0 Å². The lowest BCUT2D eigenvalue weighted by Crippen LogP contribution is -2.52. The van der Waals surface area contributed by atoms with Crippen LogP contribution in [0.15, 0.2) is 48.5 Å². The predicted molar refractivity (Wildman–Crippen MR) is 141 cm³/mol. The van der Waals surface area contributed by atoms with Crippen LogP contribution in [0.4, 0.5) is 10.5 Å². The number of anilines is 1. The number of piperazine rings is 1. The van der Waals surface area contributed by atoms with E-state index in [1.807, 2.05) is 4.90 Å². The molecule has 2 heterocycles. The molecule has 0 unspecified atom stereocenters. The number of nitrogens with zero attached hydrogens (tertiary/aromatic N) is 3. The van der Waals surface area contributed by atoms with Gasteiger partial charge in [-0.15, -0.1) is 0 Å². The Balaban J connectivity index is 1.07. The van der Waals surface area contributed by atoms with Gasteiger partial charge in [0.1, 0.15) is 0 Å². The number of piperidine rings is 1. The number of urea groups is 1. The molecule has 34 heavy (non-hydrogen) atoms. The largest absolute Gasteiger partial charge is 0.322 e. The molecule has 0 radical (unpaired) electrons. The third-order valence-electron chi connectivity index (χ3n) is 7.28. The minimum atomic E-state index is -0.0769. The van der Waals surface area contributed by atoms with Gasteiger partial charge in [0.15, 0.2) is 0 Å². The topological polar surface area (TPSA) is 38.8 Å². The van der Waals surface area contributed by atoms with Gasteiger partial charge in [-0.2, -0.15) is 0 Å². The monoisotopic (exact) mass is 498 g/mol. The summed E-state index contributed by atoms with van der Waals surface area (Å²) in [6, 6.07) is 13.9. The number of carbonyl (C=O) groups excluding carboxylic acids is 1. The molecule has 7 heteroatoms. The summed E-state index contributed by atoms with van der Waals surface area (Å²) in [7, 11) is 0. The zero-order valence-corrected chi connectivity index (χ0v) is 21.0. The molecule has 1 aliphatic carbocycles. The molecule has 2 aromatic rings. The van der Waals surface area contributed by atoms with Gasteiger partial charge < -0.3 is 10.2 Å². The van der Waals surface area contributed by atoms with Crippen LogP contribution in [0.1, 0.15) is 24.0 Å². The van der Waals surface area contributed by atoms with Crippen LogP contribution in [0.2, 0.25) is 10.0 Å². The highest BCUT2D eigenvalue weighted by Crippen LogP contribution is 2.29. The average molecular weight is 499 g/mol. The summed E-state index contributed by atoms with van der Waals surface area (Å²) in [5, 5.41) is 3.87. The number of hydrogen-bond donors (Lipinski definition) is 1. The Morgan fingerprint density at radius 2 is 1.79 bits per heavy atom. The molecule has 5 nitrogen and oxygen atoms in total. The normalized spacial score (nSPS) is 21.3. The summed E-state index contributed by atoms with van der Waals surface area (Å²) in [5.74, 6) is 0.697. The first-order chi connectivity index (χ1) is 16.5. The smallest absolute Gasteiger partial charge is 0.321 e. The molecule has 2 fully saturated rings. The number of nitrogens with one attached hydrogen (secondary N) is 1. The summed E-state index contributed by atoms with van der Waals surface area (Å²) in [5.41, 5.74) is 5.08. The van der Waals surface area contributed by atoms with E-state index in [-0.39, 0.29) is 6.03 Å². The molecule has 180 valence electrons. The van der Waals surface area contributed by atoms with E-state index in [0.29, 0.717) is 21.7 Å². The van der Waals surface area contributed by atoms with Crippen LogP contribution in [-0.4, -0.2) is 73.1 Å². The third-order valence-corrected chi connectivity index (χ3v) is 8.01. The van der Waals surface area contributed by atoms with Crippen molar-refractivity contribution in [2.24, 2.45) is 5.92 Å². The lowest BCUT2D eigenvalue weighted by atomic mass is 9.96. The fourth-order valence-electron chi connectivity index (χ4n) is 5.46. The number of allylic oxidation sites excluding steroid dienone is 1. The Kier molecular flexibility index (Phi) is 7.45. The molecule has 2 saturated heterocycles. The number of fused-ring (bicyclic) bond motifs is 1. The maximum Gasteiger partial charge on any atom is 0.321 e. The average Bonchev–Trinajstić information content (AvgIpc) is 3.25. The minimum Gasteiger partial charge on any atom is -0.322 e. The van der Waals surface area contributed by atoms with Crippen molar-refractivity contribution in [3.8, 4) is 0 Å². The first-order valence-corrected chi connectivity index (χ1v) is 13.0. The first kappa shape index (κ1) is 23.7. The summed E-state index contributed by atoms with van der Waals surface area (Å²) >= 11 is 12.0. The van der Waals surface area contributed by atoms with Crippen molar-refractivity contribution >= 4 is 40.5 Å². The Labute approximate surface area is 212 Å². The number of halogens is 2. The molecule has 1 atom stereocenters.